The second kappa shape index (κ2) is 13.1. The molecule has 0 amide bonds. The zero-order valence-electron chi connectivity index (χ0n) is 23.1. The van der Waals surface area contributed by atoms with Gasteiger partial charge in [-0.05, 0) is 48.0 Å². The van der Waals surface area contributed by atoms with E-state index in [0.29, 0.717) is 47.0 Å². The number of aromatic nitrogens is 1. The maximum absolute atomic E-state index is 13.7. The minimum absolute atomic E-state index is 0.0544. The highest BCUT2D eigenvalue weighted by Gasteiger charge is 2.23. The van der Waals surface area contributed by atoms with E-state index in [0.717, 1.165) is 22.9 Å². The molecule has 10 nitrogen and oxygen atoms in total. The molecule has 1 aromatic heterocycles. The van der Waals surface area contributed by atoms with Crippen LogP contribution in [0.4, 0.5) is 11.4 Å². The van der Waals surface area contributed by atoms with E-state index < -0.39 is 16.0 Å². The molecule has 12 heteroatoms. The zero-order valence-corrected chi connectivity index (χ0v) is 25.5. The Balaban J connectivity index is 1.53. The lowest BCUT2D eigenvalue weighted by Gasteiger charge is -2.24. The van der Waals surface area contributed by atoms with E-state index in [4.69, 9.17) is 18.9 Å². The number of pyridine rings is 1. The fourth-order valence-corrected chi connectivity index (χ4v) is 6.07. The van der Waals surface area contributed by atoms with Gasteiger partial charge in [0.05, 0.1) is 44.2 Å². The quantitative estimate of drug-likeness (QED) is 0.211. The summed E-state index contributed by atoms with van der Waals surface area (Å²) < 4.78 is 52.6. The number of carbonyl (C=O) groups is 1. The Morgan fingerprint density at radius 3 is 2.50 bits per heavy atom. The Labute approximate surface area is 252 Å². The molecule has 0 unspecified atom stereocenters. The molecule has 42 heavy (non-hydrogen) atoms. The van der Waals surface area contributed by atoms with Crippen LogP contribution in [-0.2, 0) is 26.0 Å². The van der Waals surface area contributed by atoms with Crippen molar-refractivity contribution in [3.05, 3.63) is 82.5 Å². The van der Waals surface area contributed by atoms with Gasteiger partial charge in [0.1, 0.15) is 22.5 Å². The van der Waals surface area contributed by atoms with Gasteiger partial charge in [-0.3, -0.25) is 4.98 Å². The summed E-state index contributed by atoms with van der Waals surface area (Å²) in [6.07, 6.45) is 2.68. The molecule has 1 fully saturated rings. The molecule has 0 spiro atoms. The lowest BCUT2D eigenvalue weighted by atomic mass is 10.1. The molecular formula is C30H30BrN3O7S. The molecule has 1 aliphatic rings. The van der Waals surface area contributed by atoms with Gasteiger partial charge in [0.2, 0.25) is 10.0 Å². The second-order valence-corrected chi connectivity index (χ2v) is 12.3. The highest BCUT2D eigenvalue weighted by atomic mass is 79.9. The van der Waals surface area contributed by atoms with Gasteiger partial charge in [0.15, 0.2) is 0 Å². The first kappa shape index (κ1) is 29.8. The fourth-order valence-electron chi connectivity index (χ4n) is 4.59. The molecule has 2 heterocycles. The van der Waals surface area contributed by atoms with Crippen LogP contribution in [0.5, 0.6) is 11.5 Å². The van der Waals surface area contributed by atoms with Gasteiger partial charge in [-0.25, -0.2) is 17.9 Å². The highest BCUT2D eigenvalue weighted by molar-refractivity contribution is 9.10. The lowest BCUT2D eigenvalue weighted by Crippen LogP contribution is -2.26. The molecule has 2 N–H and O–H groups in total. The maximum atomic E-state index is 13.7. The third-order valence-electron chi connectivity index (χ3n) is 6.78. The van der Waals surface area contributed by atoms with Gasteiger partial charge < -0.3 is 24.3 Å². The average molecular weight is 657 g/mol. The van der Waals surface area contributed by atoms with E-state index in [1.165, 1.54) is 13.3 Å². The Morgan fingerprint density at radius 1 is 1.02 bits per heavy atom. The third kappa shape index (κ3) is 7.01. The molecule has 0 aliphatic carbocycles. The minimum atomic E-state index is -4.05. The van der Waals surface area contributed by atoms with E-state index in [9.17, 15) is 13.2 Å². The van der Waals surface area contributed by atoms with Crippen molar-refractivity contribution in [3.8, 4) is 11.5 Å². The standard InChI is InChI=1S/C30H30BrN3O7S/c1-38-23-6-3-19(4-7-23)17-33-42(36,37)28-18-32-27-15-21(31)5-8-26(27)29(28)34-22-13-20(30(35)39-2)14-25(16-22)41-24-9-11-40-12-10-24/h3-8,13-16,18,24,33H,9-12,17H2,1-2H3,(H,32,34). The van der Waals surface area contributed by atoms with Crippen molar-refractivity contribution in [3.63, 3.8) is 0 Å². The van der Waals surface area contributed by atoms with Crippen LogP contribution in [-0.4, -0.2) is 52.9 Å². The van der Waals surface area contributed by atoms with E-state index in [1.54, 1.807) is 67.8 Å². The Kier molecular flexibility index (Phi) is 9.27. The molecule has 4 aromatic rings. The van der Waals surface area contributed by atoms with Gasteiger partial charge in [0.25, 0.3) is 0 Å². The molecule has 0 saturated carbocycles. The number of hydrogen-bond acceptors (Lipinski definition) is 9. The minimum Gasteiger partial charge on any atom is -0.497 e. The molecule has 3 aromatic carbocycles. The number of methoxy groups -OCH3 is 2. The van der Waals surface area contributed by atoms with Gasteiger partial charge in [0, 0.05) is 47.2 Å². The van der Waals surface area contributed by atoms with Crippen LogP contribution in [0.1, 0.15) is 28.8 Å². The third-order valence-corrected chi connectivity index (χ3v) is 8.69. The number of rotatable bonds is 10. The summed E-state index contributed by atoms with van der Waals surface area (Å²) in [5, 5.41) is 3.82. The van der Waals surface area contributed by atoms with Gasteiger partial charge in [-0.2, -0.15) is 0 Å². The van der Waals surface area contributed by atoms with Crippen molar-refractivity contribution < 1.29 is 32.2 Å². The number of carbonyl (C=O) groups excluding carboxylic acids is 1. The number of nitrogens with one attached hydrogen (secondary N) is 2. The van der Waals surface area contributed by atoms with Crippen molar-refractivity contribution in [2.45, 2.75) is 30.4 Å². The summed E-state index contributed by atoms with van der Waals surface area (Å²) in [4.78, 5) is 16.9. The van der Waals surface area contributed by atoms with Crippen LogP contribution in [0, 0.1) is 0 Å². The summed E-state index contributed by atoms with van der Waals surface area (Å²) in [6.45, 7) is 1.25. The molecule has 5 rings (SSSR count). The van der Waals surface area contributed by atoms with Crippen LogP contribution in [0.25, 0.3) is 10.9 Å². The lowest BCUT2D eigenvalue weighted by molar-refractivity contribution is 0.0254. The summed E-state index contributed by atoms with van der Waals surface area (Å²) >= 11 is 3.46. The highest BCUT2D eigenvalue weighted by Crippen LogP contribution is 2.35. The first-order valence-corrected chi connectivity index (χ1v) is 15.5. The number of benzene rings is 3. The van der Waals surface area contributed by atoms with E-state index in [-0.39, 0.29) is 23.1 Å². The van der Waals surface area contributed by atoms with E-state index >= 15 is 0 Å². The van der Waals surface area contributed by atoms with Crippen LogP contribution < -0.4 is 19.5 Å². The number of sulfonamides is 1. The van der Waals surface area contributed by atoms with E-state index in [2.05, 4.69) is 31.0 Å². The number of hydrogen-bond donors (Lipinski definition) is 2. The predicted molar refractivity (Wildman–Crippen MR) is 162 cm³/mol. The van der Waals surface area contributed by atoms with Crippen molar-refractivity contribution in [2.24, 2.45) is 0 Å². The summed E-state index contributed by atoms with van der Waals surface area (Å²) in [6, 6.07) is 17.4. The first-order chi connectivity index (χ1) is 20.3. The van der Waals surface area contributed by atoms with Gasteiger partial charge >= 0.3 is 5.97 Å². The van der Waals surface area contributed by atoms with Crippen LogP contribution in [0.15, 0.2) is 76.2 Å². The van der Waals surface area contributed by atoms with Crippen molar-refractivity contribution in [1.29, 1.82) is 0 Å². The SMILES string of the molecule is COC(=O)c1cc(Nc2c(S(=O)(=O)NCc3ccc(OC)cc3)cnc3cc(Br)ccc23)cc(OC2CCOCC2)c1. The van der Waals surface area contributed by atoms with E-state index in [1.807, 2.05) is 0 Å². The number of halogens is 1. The average Bonchev–Trinajstić information content (AvgIpc) is 3.00. The number of fused-ring (bicyclic) bond motifs is 1. The summed E-state index contributed by atoms with van der Waals surface area (Å²) in [7, 11) is -1.18. The fraction of sp³-hybridized carbons (Fsp3) is 0.267. The molecule has 1 saturated heterocycles. The van der Waals surface area contributed by atoms with Crippen LogP contribution in [0.2, 0.25) is 0 Å². The topological polar surface area (TPSA) is 125 Å². The van der Waals surface area contributed by atoms with Crippen LogP contribution in [0.3, 0.4) is 0 Å². The second-order valence-electron chi connectivity index (χ2n) is 9.62. The molecule has 1 aliphatic heterocycles. The smallest absolute Gasteiger partial charge is 0.338 e. The first-order valence-electron chi connectivity index (χ1n) is 13.2. The van der Waals surface area contributed by atoms with Gasteiger partial charge in [-0.15, -0.1) is 0 Å². The normalized spacial score (nSPS) is 14.0. The maximum Gasteiger partial charge on any atom is 0.338 e. The molecule has 0 bridgehead atoms. The zero-order chi connectivity index (χ0) is 29.7. The number of anilines is 2. The molecule has 0 atom stereocenters. The summed E-state index contributed by atoms with van der Waals surface area (Å²) in [5.74, 6) is 0.579. The Morgan fingerprint density at radius 2 is 1.79 bits per heavy atom. The largest absolute Gasteiger partial charge is 0.497 e. The van der Waals surface area contributed by atoms with Crippen molar-refractivity contribution in [2.75, 3.05) is 32.8 Å². The Hall–Kier alpha value is -3.71. The molecule has 0 radical (unpaired) electrons. The van der Waals surface area contributed by atoms with Crippen molar-refractivity contribution in [1.82, 2.24) is 9.71 Å². The summed E-state index contributed by atoms with van der Waals surface area (Å²) in [5.41, 5.74) is 2.33. The van der Waals surface area contributed by atoms with Gasteiger partial charge in [-0.1, -0.05) is 28.1 Å². The Bertz CT molecular complexity index is 1690. The monoisotopic (exact) mass is 655 g/mol. The predicted octanol–water partition coefficient (Wildman–Crippen LogP) is 5.57. The molecular weight excluding hydrogens is 626 g/mol. The molecule has 220 valence electrons. The van der Waals surface area contributed by atoms with Crippen LogP contribution >= 0.6 is 15.9 Å². The number of nitrogens with zero attached hydrogens (tertiary/aromatic N) is 1. The van der Waals surface area contributed by atoms with Crippen molar-refractivity contribution >= 4 is 54.2 Å². The number of esters is 1. The number of ether oxygens (including phenoxy) is 4.